The van der Waals surface area contributed by atoms with Crippen molar-refractivity contribution in [1.29, 1.82) is 0 Å². The van der Waals surface area contributed by atoms with Crippen LogP contribution >= 0.6 is 0 Å². The van der Waals surface area contributed by atoms with E-state index >= 15 is 0 Å². The maximum absolute atomic E-state index is 13.1. The van der Waals surface area contributed by atoms with Crippen LogP contribution in [0.1, 0.15) is 57.4 Å². The van der Waals surface area contributed by atoms with Crippen molar-refractivity contribution in [2.75, 3.05) is 0 Å². The predicted octanol–water partition coefficient (Wildman–Crippen LogP) is 4.47. The number of ether oxygens (including phenoxy) is 1. The van der Waals surface area contributed by atoms with Crippen LogP contribution in [0, 0.1) is 33.3 Å². The zero-order valence-electron chi connectivity index (χ0n) is 16.2. The van der Waals surface area contributed by atoms with Crippen LogP contribution in [-0.2, 0) is 9.53 Å². The molecule has 0 saturated heterocycles. The first-order valence-corrected chi connectivity index (χ1v) is 10.2. The molecule has 0 spiro atoms. The number of carbonyl (C=O) groups excluding carboxylic acids is 1. The second-order valence-electron chi connectivity index (χ2n) is 8.99. The lowest BCUT2D eigenvalue weighted by Crippen LogP contribution is -2.50. The summed E-state index contributed by atoms with van der Waals surface area (Å²) in [5, 5.41) is 18.8. The fourth-order valence-corrected chi connectivity index (χ4v) is 5.94. The first-order valence-electron chi connectivity index (χ1n) is 10.2. The Kier molecular flexibility index (Phi) is 4.18. The number of esters is 1. The van der Waals surface area contributed by atoms with Crippen LogP contribution in [0.3, 0.4) is 0 Å². The number of nitro groups is 1. The maximum Gasteiger partial charge on any atom is 0.312 e. The van der Waals surface area contributed by atoms with E-state index < -0.39 is 11.0 Å². The van der Waals surface area contributed by atoms with Crippen LogP contribution in [0.15, 0.2) is 28.7 Å². The number of rotatable bonds is 5. The van der Waals surface area contributed by atoms with Crippen molar-refractivity contribution in [1.82, 2.24) is 10.2 Å². The fraction of sp³-hybridized carbons (Fsp3) is 0.571. The van der Waals surface area contributed by atoms with Crippen LogP contribution in [0.5, 0.6) is 0 Å². The number of nitro benzene ring substituents is 1. The molecule has 4 saturated carbocycles. The van der Waals surface area contributed by atoms with Gasteiger partial charge in [-0.25, -0.2) is 0 Å². The van der Waals surface area contributed by atoms with Gasteiger partial charge in [0.2, 0.25) is 5.89 Å². The van der Waals surface area contributed by atoms with Gasteiger partial charge in [-0.2, -0.15) is 0 Å². The minimum atomic E-state index is -0.630. The summed E-state index contributed by atoms with van der Waals surface area (Å²) in [5.41, 5.74) is 0.241. The van der Waals surface area contributed by atoms with E-state index in [0.29, 0.717) is 23.3 Å². The number of hydrogen-bond donors (Lipinski definition) is 0. The summed E-state index contributed by atoms with van der Waals surface area (Å²) in [5.74, 6) is 2.35. The van der Waals surface area contributed by atoms with Gasteiger partial charge in [0, 0.05) is 17.7 Å². The summed E-state index contributed by atoms with van der Waals surface area (Å²) in [4.78, 5) is 23.4. The summed E-state index contributed by atoms with van der Waals surface area (Å²) >= 11 is 0. The smallest absolute Gasteiger partial charge is 0.312 e. The van der Waals surface area contributed by atoms with Gasteiger partial charge in [0.05, 0.1) is 10.3 Å². The minimum Gasteiger partial charge on any atom is -0.452 e. The molecule has 4 bridgehead atoms. The molecule has 152 valence electrons. The number of carbonyl (C=O) groups is 1. The summed E-state index contributed by atoms with van der Waals surface area (Å²) in [6.45, 7) is 1.74. The third-order valence-corrected chi connectivity index (χ3v) is 6.87. The topological polar surface area (TPSA) is 108 Å². The van der Waals surface area contributed by atoms with Gasteiger partial charge in [0.1, 0.15) is 0 Å². The number of non-ortho nitro benzene ring substituents is 1. The van der Waals surface area contributed by atoms with Crippen molar-refractivity contribution < 1.29 is 18.9 Å². The Labute approximate surface area is 167 Å². The van der Waals surface area contributed by atoms with Gasteiger partial charge in [-0.15, -0.1) is 10.2 Å². The number of aromatic nitrogens is 2. The van der Waals surface area contributed by atoms with Crippen LogP contribution in [0.25, 0.3) is 11.5 Å². The molecule has 1 aromatic carbocycles. The molecule has 0 N–H and O–H groups in total. The lowest BCUT2D eigenvalue weighted by Gasteiger charge is -2.55. The molecule has 29 heavy (non-hydrogen) atoms. The molecule has 0 aliphatic heterocycles. The van der Waals surface area contributed by atoms with Gasteiger partial charge in [-0.1, -0.05) is 0 Å². The van der Waals surface area contributed by atoms with Gasteiger partial charge >= 0.3 is 5.97 Å². The highest BCUT2D eigenvalue weighted by Gasteiger charge is 2.55. The Morgan fingerprint density at radius 1 is 1.14 bits per heavy atom. The van der Waals surface area contributed by atoms with E-state index in [4.69, 9.17) is 9.15 Å². The van der Waals surface area contributed by atoms with Gasteiger partial charge in [-0.3, -0.25) is 14.9 Å². The zero-order valence-corrected chi connectivity index (χ0v) is 16.2. The average Bonchev–Trinajstić information content (AvgIpc) is 3.17. The molecule has 4 fully saturated rings. The van der Waals surface area contributed by atoms with Crippen LogP contribution in [0.2, 0.25) is 0 Å². The van der Waals surface area contributed by atoms with Crippen molar-refractivity contribution in [2.24, 2.45) is 23.2 Å². The summed E-state index contributed by atoms with van der Waals surface area (Å²) < 4.78 is 11.5. The van der Waals surface area contributed by atoms with Crippen LogP contribution in [0.4, 0.5) is 5.69 Å². The van der Waals surface area contributed by atoms with Crippen LogP contribution < -0.4 is 0 Å². The molecular formula is C21H23N3O5. The molecule has 0 radical (unpaired) electrons. The van der Waals surface area contributed by atoms with E-state index in [1.54, 1.807) is 19.1 Å². The molecule has 1 aromatic heterocycles. The molecule has 6 rings (SSSR count). The highest BCUT2D eigenvalue weighted by Crippen LogP contribution is 2.60. The summed E-state index contributed by atoms with van der Waals surface area (Å²) in [6.07, 6.45) is 6.02. The molecule has 2 aromatic rings. The molecule has 4 aliphatic rings. The molecule has 8 heteroatoms. The summed E-state index contributed by atoms with van der Waals surface area (Å²) in [7, 11) is 0. The molecule has 4 aliphatic carbocycles. The average molecular weight is 397 g/mol. The summed E-state index contributed by atoms with van der Waals surface area (Å²) in [6, 6.07) is 5.88. The Bertz CT molecular complexity index is 916. The van der Waals surface area contributed by atoms with Crippen molar-refractivity contribution in [3.8, 4) is 11.5 Å². The lowest BCUT2D eigenvalue weighted by molar-refractivity contribution is -0.384. The SMILES string of the molecule is C[C@H](OC(=O)C12CC3CC(CC(C3)C1)C2)c1nnc(-c2ccc([N+](=O)[O-])cc2)o1. The Hall–Kier alpha value is -2.77. The van der Waals surface area contributed by atoms with Crippen LogP contribution in [-0.4, -0.2) is 21.1 Å². The first-order chi connectivity index (χ1) is 13.9. The normalized spacial score (nSPS) is 30.9. The first kappa shape index (κ1) is 18.3. The monoisotopic (exact) mass is 397 g/mol. The van der Waals surface area contributed by atoms with Gasteiger partial charge in [0.15, 0.2) is 6.10 Å². The molecular weight excluding hydrogens is 374 g/mol. The molecule has 8 nitrogen and oxygen atoms in total. The van der Waals surface area contributed by atoms with E-state index in [9.17, 15) is 14.9 Å². The van der Waals surface area contributed by atoms with Gasteiger partial charge < -0.3 is 9.15 Å². The second-order valence-corrected chi connectivity index (χ2v) is 8.99. The Balaban J connectivity index is 1.28. The Morgan fingerprint density at radius 3 is 2.28 bits per heavy atom. The molecule has 0 amide bonds. The largest absolute Gasteiger partial charge is 0.452 e. The molecule has 1 heterocycles. The maximum atomic E-state index is 13.1. The Morgan fingerprint density at radius 2 is 1.72 bits per heavy atom. The standard InChI is InChI=1S/C21H23N3O5/c1-12(18-22-23-19(29-18)16-2-4-17(5-3-16)24(26)27)28-20(25)21-9-13-6-14(10-21)8-15(7-13)11-21/h2-5,12-15H,6-11H2,1H3/t12-,13?,14?,15?,21?/m0/s1. The molecule has 1 atom stereocenters. The number of nitrogens with zero attached hydrogens (tertiary/aromatic N) is 3. The van der Waals surface area contributed by atoms with E-state index in [2.05, 4.69) is 10.2 Å². The quantitative estimate of drug-likeness (QED) is 0.416. The highest BCUT2D eigenvalue weighted by atomic mass is 16.6. The predicted molar refractivity (Wildman–Crippen MR) is 102 cm³/mol. The minimum absolute atomic E-state index is 0.00800. The molecule has 0 unspecified atom stereocenters. The van der Waals surface area contributed by atoms with Gasteiger partial charge in [0.25, 0.3) is 11.6 Å². The van der Waals surface area contributed by atoms with Crippen molar-refractivity contribution in [2.45, 2.75) is 51.6 Å². The van der Waals surface area contributed by atoms with E-state index in [1.807, 2.05) is 0 Å². The highest BCUT2D eigenvalue weighted by molar-refractivity contribution is 5.77. The third kappa shape index (κ3) is 3.20. The van der Waals surface area contributed by atoms with E-state index in [1.165, 1.54) is 31.4 Å². The number of hydrogen-bond acceptors (Lipinski definition) is 7. The lowest BCUT2D eigenvalue weighted by atomic mass is 9.49. The fourth-order valence-electron chi connectivity index (χ4n) is 5.94. The zero-order chi connectivity index (χ0) is 20.2. The van der Waals surface area contributed by atoms with Crippen molar-refractivity contribution in [3.05, 3.63) is 40.3 Å². The second kappa shape index (κ2) is 6.64. The van der Waals surface area contributed by atoms with Crippen molar-refractivity contribution in [3.63, 3.8) is 0 Å². The van der Waals surface area contributed by atoms with Gasteiger partial charge in [-0.05, 0) is 75.3 Å². The van der Waals surface area contributed by atoms with Crippen molar-refractivity contribution >= 4 is 11.7 Å². The van der Waals surface area contributed by atoms with E-state index in [0.717, 1.165) is 19.3 Å². The third-order valence-electron chi connectivity index (χ3n) is 6.87. The van der Waals surface area contributed by atoms with E-state index in [-0.39, 0.29) is 28.9 Å². The number of benzene rings is 1.